The maximum Gasteiger partial charge on any atom is 0.117 e. The van der Waals surface area contributed by atoms with Crippen molar-refractivity contribution in [2.75, 3.05) is 24.5 Å². The molecule has 0 amide bonds. The second kappa shape index (κ2) is 5.73. The summed E-state index contributed by atoms with van der Waals surface area (Å²) in [6.07, 6.45) is 0. The summed E-state index contributed by atoms with van der Waals surface area (Å²) in [5.41, 5.74) is 2.24. The van der Waals surface area contributed by atoms with Gasteiger partial charge in [-0.3, -0.25) is 0 Å². The zero-order valence-electron chi connectivity index (χ0n) is 11.1. The highest BCUT2D eigenvalue weighted by Gasteiger charge is 2.25. The molecule has 0 saturated carbocycles. The predicted octanol–water partition coefficient (Wildman–Crippen LogP) is 3.20. The van der Waals surface area contributed by atoms with Gasteiger partial charge >= 0.3 is 0 Å². The number of nitrogens with zero attached hydrogens (tertiary/aromatic N) is 1. The monoisotopic (exact) mass is 288 g/mol. The van der Waals surface area contributed by atoms with Crippen LogP contribution in [0.1, 0.15) is 11.6 Å². The predicted molar refractivity (Wildman–Crippen MR) is 82.5 cm³/mol. The Bertz CT molecular complexity index is 588. The molecule has 104 valence electrons. The Morgan fingerprint density at radius 1 is 1.15 bits per heavy atom. The average Bonchev–Trinajstić information content (AvgIpc) is 2.48. The molecule has 4 heteroatoms. The molecule has 0 aliphatic carbocycles. The number of anilines is 1. The van der Waals surface area contributed by atoms with Crippen LogP contribution in [0.15, 0.2) is 48.5 Å². The van der Waals surface area contributed by atoms with Crippen LogP contribution in [0.3, 0.4) is 0 Å². The van der Waals surface area contributed by atoms with Crippen molar-refractivity contribution in [3.63, 3.8) is 0 Å². The van der Waals surface area contributed by atoms with Crippen LogP contribution in [-0.2, 0) is 0 Å². The van der Waals surface area contributed by atoms with E-state index in [2.05, 4.69) is 34.5 Å². The summed E-state index contributed by atoms with van der Waals surface area (Å²) in [4.78, 5) is 2.30. The fourth-order valence-electron chi connectivity index (χ4n) is 2.69. The Morgan fingerprint density at radius 3 is 2.70 bits per heavy atom. The highest BCUT2D eigenvalue weighted by molar-refractivity contribution is 6.33. The Balaban J connectivity index is 1.97. The fraction of sp³-hybridized carbons (Fsp3) is 0.250. The number of piperazine rings is 1. The van der Waals surface area contributed by atoms with Gasteiger partial charge in [0.1, 0.15) is 5.75 Å². The number of benzene rings is 2. The third-order valence-corrected chi connectivity index (χ3v) is 3.97. The minimum Gasteiger partial charge on any atom is -0.508 e. The van der Waals surface area contributed by atoms with E-state index in [0.29, 0.717) is 5.02 Å². The summed E-state index contributed by atoms with van der Waals surface area (Å²) in [7, 11) is 0. The average molecular weight is 289 g/mol. The summed E-state index contributed by atoms with van der Waals surface area (Å²) in [5, 5.41) is 13.5. The van der Waals surface area contributed by atoms with E-state index in [9.17, 15) is 5.11 Å². The Labute approximate surface area is 123 Å². The molecule has 3 nitrogen and oxygen atoms in total. The molecular formula is C16H17ClN2O. The van der Waals surface area contributed by atoms with Gasteiger partial charge in [-0.15, -0.1) is 0 Å². The lowest BCUT2D eigenvalue weighted by Crippen LogP contribution is -2.46. The number of aromatic hydroxyl groups is 1. The number of rotatable bonds is 2. The van der Waals surface area contributed by atoms with Gasteiger partial charge in [-0.05, 0) is 17.7 Å². The molecule has 3 rings (SSSR count). The lowest BCUT2D eigenvalue weighted by molar-refractivity contribution is 0.473. The SMILES string of the molecule is Oc1ccc(N2CCNC[C@H]2c2ccccc2)c(Cl)c1. The third kappa shape index (κ3) is 2.60. The van der Waals surface area contributed by atoms with E-state index in [4.69, 9.17) is 11.6 Å². The first-order valence-electron chi connectivity index (χ1n) is 6.76. The van der Waals surface area contributed by atoms with Crippen molar-refractivity contribution in [1.82, 2.24) is 5.32 Å². The molecule has 1 aliphatic rings. The minimum absolute atomic E-state index is 0.199. The molecule has 1 fully saturated rings. The van der Waals surface area contributed by atoms with Crippen LogP contribution < -0.4 is 10.2 Å². The van der Waals surface area contributed by atoms with Gasteiger partial charge in [0.15, 0.2) is 0 Å². The smallest absolute Gasteiger partial charge is 0.117 e. The van der Waals surface area contributed by atoms with Crippen molar-refractivity contribution in [1.29, 1.82) is 0 Å². The normalized spacial score (nSPS) is 19.1. The Hall–Kier alpha value is -1.71. The van der Waals surface area contributed by atoms with Gasteiger partial charge in [-0.25, -0.2) is 0 Å². The van der Waals surface area contributed by atoms with Crippen LogP contribution in [0.4, 0.5) is 5.69 Å². The van der Waals surface area contributed by atoms with E-state index >= 15 is 0 Å². The first-order chi connectivity index (χ1) is 9.75. The van der Waals surface area contributed by atoms with Crippen molar-refractivity contribution < 1.29 is 5.11 Å². The van der Waals surface area contributed by atoms with E-state index in [1.165, 1.54) is 5.56 Å². The third-order valence-electron chi connectivity index (χ3n) is 3.67. The molecule has 1 aliphatic heterocycles. The standard InChI is InChI=1S/C16H17ClN2O/c17-14-10-13(20)6-7-15(14)19-9-8-18-11-16(19)12-4-2-1-3-5-12/h1-7,10,16,18,20H,8-9,11H2/t16-/m0/s1. The van der Waals surface area contributed by atoms with Gasteiger partial charge in [0.2, 0.25) is 0 Å². The van der Waals surface area contributed by atoms with Crippen LogP contribution >= 0.6 is 11.6 Å². The molecule has 1 heterocycles. The maximum atomic E-state index is 9.50. The van der Waals surface area contributed by atoms with E-state index < -0.39 is 0 Å². The molecule has 0 radical (unpaired) electrons. The van der Waals surface area contributed by atoms with Crippen molar-refractivity contribution in [2.24, 2.45) is 0 Å². The molecule has 0 aromatic heterocycles. The summed E-state index contributed by atoms with van der Waals surface area (Å²) >= 11 is 6.29. The van der Waals surface area contributed by atoms with Gasteiger partial charge in [-0.1, -0.05) is 41.9 Å². The molecule has 2 aromatic rings. The first-order valence-corrected chi connectivity index (χ1v) is 7.14. The van der Waals surface area contributed by atoms with Crippen molar-refractivity contribution in [3.05, 3.63) is 59.1 Å². The molecule has 1 atom stereocenters. The maximum absolute atomic E-state index is 9.50. The lowest BCUT2D eigenvalue weighted by Gasteiger charge is -2.38. The zero-order valence-corrected chi connectivity index (χ0v) is 11.8. The summed E-state index contributed by atoms with van der Waals surface area (Å²) < 4.78 is 0. The summed E-state index contributed by atoms with van der Waals surface area (Å²) in [5.74, 6) is 0.199. The van der Waals surface area contributed by atoms with E-state index in [0.717, 1.165) is 25.3 Å². The molecule has 0 bridgehead atoms. The van der Waals surface area contributed by atoms with Crippen LogP contribution in [-0.4, -0.2) is 24.7 Å². The summed E-state index contributed by atoms with van der Waals surface area (Å²) in [6.45, 7) is 2.71. The minimum atomic E-state index is 0.199. The number of phenolic OH excluding ortho intramolecular Hbond substituents is 1. The second-order valence-corrected chi connectivity index (χ2v) is 5.37. The number of hydrogen-bond donors (Lipinski definition) is 2. The molecule has 0 spiro atoms. The topological polar surface area (TPSA) is 35.5 Å². The van der Waals surface area contributed by atoms with Crippen LogP contribution in [0, 0.1) is 0 Å². The molecule has 0 unspecified atom stereocenters. The van der Waals surface area contributed by atoms with Crippen molar-refractivity contribution in [2.45, 2.75) is 6.04 Å². The van der Waals surface area contributed by atoms with Gasteiger partial charge in [-0.2, -0.15) is 0 Å². The summed E-state index contributed by atoms with van der Waals surface area (Å²) in [6, 6.07) is 15.8. The Morgan fingerprint density at radius 2 is 1.95 bits per heavy atom. The highest BCUT2D eigenvalue weighted by atomic mass is 35.5. The van der Waals surface area contributed by atoms with Crippen molar-refractivity contribution >= 4 is 17.3 Å². The van der Waals surface area contributed by atoms with Gasteiger partial charge in [0.05, 0.1) is 16.8 Å². The second-order valence-electron chi connectivity index (χ2n) is 4.96. The number of hydrogen-bond acceptors (Lipinski definition) is 3. The Kier molecular flexibility index (Phi) is 3.81. The van der Waals surface area contributed by atoms with Crippen LogP contribution in [0.25, 0.3) is 0 Å². The number of phenols is 1. The van der Waals surface area contributed by atoms with Crippen LogP contribution in [0.2, 0.25) is 5.02 Å². The van der Waals surface area contributed by atoms with Crippen molar-refractivity contribution in [3.8, 4) is 5.75 Å². The largest absolute Gasteiger partial charge is 0.508 e. The zero-order chi connectivity index (χ0) is 13.9. The number of nitrogens with one attached hydrogen (secondary N) is 1. The first kappa shape index (κ1) is 13.3. The molecule has 1 saturated heterocycles. The molecular weight excluding hydrogens is 272 g/mol. The van der Waals surface area contributed by atoms with E-state index in [1.807, 2.05) is 12.1 Å². The number of halogens is 1. The highest BCUT2D eigenvalue weighted by Crippen LogP contribution is 2.35. The quantitative estimate of drug-likeness (QED) is 0.891. The lowest BCUT2D eigenvalue weighted by atomic mass is 10.0. The molecule has 20 heavy (non-hydrogen) atoms. The van der Waals surface area contributed by atoms with E-state index in [-0.39, 0.29) is 11.8 Å². The van der Waals surface area contributed by atoms with Crippen LogP contribution in [0.5, 0.6) is 5.75 Å². The molecule has 2 N–H and O–H groups in total. The molecule has 2 aromatic carbocycles. The van der Waals surface area contributed by atoms with Gasteiger partial charge < -0.3 is 15.3 Å². The van der Waals surface area contributed by atoms with Gasteiger partial charge in [0.25, 0.3) is 0 Å². The van der Waals surface area contributed by atoms with E-state index in [1.54, 1.807) is 12.1 Å². The van der Waals surface area contributed by atoms with Gasteiger partial charge in [0, 0.05) is 25.7 Å². The fourth-order valence-corrected chi connectivity index (χ4v) is 2.98.